The molecule has 3 rings (SSSR count). The maximum atomic E-state index is 12.8. The molecule has 1 aromatic carbocycles. The fourth-order valence-electron chi connectivity index (χ4n) is 2.84. The first kappa shape index (κ1) is 19.3. The van der Waals surface area contributed by atoms with E-state index in [2.05, 4.69) is 37.5 Å². The van der Waals surface area contributed by atoms with Crippen molar-refractivity contribution in [2.75, 3.05) is 50.1 Å². The molecule has 0 spiro atoms. The number of aromatic nitrogens is 2. The van der Waals surface area contributed by atoms with Crippen LogP contribution in [0.3, 0.4) is 0 Å². The van der Waals surface area contributed by atoms with Gasteiger partial charge in [0, 0.05) is 49.9 Å². The second-order valence-electron chi connectivity index (χ2n) is 6.37. The predicted octanol–water partition coefficient (Wildman–Crippen LogP) is 1.97. The molecule has 1 aliphatic heterocycles. The topological polar surface area (TPSA) is 69.6 Å². The van der Waals surface area contributed by atoms with E-state index in [-0.39, 0.29) is 0 Å². The summed E-state index contributed by atoms with van der Waals surface area (Å²) in [5, 5.41) is 0. The lowest BCUT2D eigenvalue weighted by Crippen LogP contribution is -2.49. The third-order valence-corrected chi connectivity index (χ3v) is 6.92. The lowest BCUT2D eigenvalue weighted by Gasteiger charge is -2.35. The first-order valence-corrected chi connectivity index (χ1v) is 10.8. The van der Waals surface area contributed by atoms with E-state index >= 15 is 0 Å². The number of rotatable bonds is 4. The van der Waals surface area contributed by atoms with Crippen molar-refractivity contribution in [3.05, 3.63) is 39.7 Å². The van der Waals surface area contributed by atoms with Gasteiger partial charge in [-0.05, 0) is 53.8 Å². The Labute approximate surface area is 168 Å². The van der Waals surface area contributed by atoms with Crippen LogP contribution < -0.4 is 9.80 Å². The largest absolute Gasteiger partial charge is 0.363 e. The maximum absolute atomic E-state index is 12.8. The molecule has 0 saturated carbocycles. The first-order valence-electron chi connectivity index (χ1n) is 8.31. The molecule has 0 aliphatic carbocycles. The van der Waals surface area contributed by atoms with E-state index in [4.69, 9.17) is 0 Å². The van der Waals surface area contributed by atoms with Gasteiger partial charge in [0.05, 0.1) is 4.90 Å². The van der Waals surface area contributed by atoms with Crippen molar-refractivity contribution >= 4 is 44.2 Å². The van der Waals surface area contributed by atoms with Crippen LogP contribution in [0.1, 0.15) is 5.82 Å². The summed E-state index contributed by atoms with van der Waals surface area (Å²) in [6, 6.07) is 8.91. The highest BCUT2D eigenvalue weighted by molar-refractivity contribution is 14.1. The highest BCUT2D eigenvalue weighted by atomic mass is 127. The smallest absolute Gasteiger partial charge is 0.243 e. The Hall–Kier alpha value is -1.46. The van der Waals surface area contributed by atoms with Crippen LogP contribution in [0, 0.1) is 10.5 Å². The number of piperazine rings is 1. The van der Waals surface area contributed by atoms with Crippen LogP contribution in [0.5, 0.6) is 0 Å². The summed E-state index contributed by atoms with van der Waals surface area (Å²) in [4.78, 5) is 13.3. The number of hydrogen-bond donors (Lipinski definition) is 0. The fourth-order valence-corrected chi connectivity index (χ4v) is 4.62. The van der Waals surface area contributed by atoms with Gasteiger partial charge in [0.25, 0.3) is 0 Å². The summed E-state index contributed by atoms with van der Waals surface area (Å²) in [5.41, 5.74) is 0. The number of anilines is 2. The zero-order valence-corrected chi connectivity index (χ0v) is 18.0. The van der Waals surface area contributed by atoms with Crippen LogP contribution in [-0.4, -0.2) is 63.0 Å². The molecule has 2 aromatic rings. The van der Waals surface area contributed by atoms with E-state index in [0.717, 1.165) is 15.2 Å². The van der Waals surface area contributed by atoms with Crippen LogP contribution in [0.15, 0.2) is 35.2 Å². The van der Waals surface area contributed by atoms with Gasteiger partial charge in [-0.15, -0.1) is 0 Å². The normalized spacial score (nSPS) is 15.9. The number of nitrogens with zero attached hydrogens (tertiary/aromatic N) is 5. The van der Waals surface area contributed by atoms with Crippen molar-refractivity contribution in [3.63, 3.8) is 0 Å². The third kappa shape index (κ3) is 4.09. The van der Waals surface area contributed by atoms with Crippen molar-refractivity contribution in [3.8, 4) is 0 Å². The van der Waals surface area contributed by atoms with E-state index in [9.17, 15) is 8.42 Å². The van der Waals surface area contributed by atoms with Gasteiger partial charge in [-0.3, -0.25) is 0 Å². The van der Waals surface area contributed by atoms with Crippen LogP contribution in [-0.2, 0) is 10.0 Å². The average Bonchev–Trinajstić information content (AvgIpc) is 2.61. The molecule has 0 atom stereocenters. The van der Waals surface area contributed by atoms with E-state index < -0.39 is 10.0 Å². The fraction of sp³-hybridized carbons (Fsp3) is 0.412. The van der Waals surface area contributed by atoms with Gasteiger partial charge >= 0.3 is 0 Å². The number of halogens is 1. The molecule has 9 heteroatoms. The van der Waals surface area contributed by atoms with Crippen LogP contribution >= 0.6 is 22.6 Å². The molecule has 1 fully saturated rings. The highest BCUT2D eigenvalue weighted by Crippen LogP contribution is 2.22. The molecular weight excluding hydrogens is 465 g/mol. The molecule has 1 aliphatic rings. The van der Waals surface area contributed by atoms with E-state index in [1.54, 1.807) is 16.4 Å². The monoisotopic (exact) mass is 487 g/mol. The summed E-state index contributed by atoms with van der Waals surface area (Å²) < 4.78 is 28.2. The molecule has 0 amide bonds. The number of hydrogen-bond acceptors (Lipinski definition) is 6. The Morgan fingerprint density at radius 3 is 2.23 bits per heavy atom. The van der Waals surface area contributed by atoms with Gasteiger partial charge in [0.2, 0.25) is 10.0 Å². The Kier molecular flexibility index (Phi) is 5.68. The minimum absolute atomic E-state index is 0.346. The molecule has 2 heterocycles. The van der Waals surface area contributed by atoms with Crippen molar-refractivity contribution in [2.45, 2.75) is 11.8 Å². The van der Waals surface area contributed by atoms with Crippen LogP contribution in [0.25, 0.3) is 0 Å². The quantitative estimate of drug-likeness (QED) is 0.615. The Balaban J connectivity index is 1.74. The summed E-state index contributed by atoms with van der Waals surface area (Å²) in [6.07, 6.45) is 0. The zero-order chi connectivity index (χ0) is 18.9. The minimum atomic E-state index is -3.45. The molecule has 0 N–H and O–H groups in total. The summed E-state index contributed by atoms with van der Waals surface area (Å²) in [5.74, 6) is 2.40. The molecule has 1 saturated heterocycles. The summed E-state index contributed by atoms with van der Waals surface area (Å²) in [7, 11) is 0.431. The zero-order valence-electron chi connectivity index (χ0n) is 15.1. The molecule has 140 valence electrons. The standard InChI is InChI=1S/C17H22IN5O2S/c1-13-19-16(21(2)3)12-17(20-13)22-8-10-23(11-9-22)26(24,25)15-6-4-14(18)5-7-15/h4-7,12H,8-11H2,1-3H3. The van der Waals surface area contributed by atoms with Gasteiger partial charge in [0.15, 0.2) is 0 Å². The van der Waals surface area contributed by atoms with Crippen molar-refractivity contribution < 1.29 is 8.42 Å². The lowest BCUT2D eigenvalue weighted by atomic mass is 10.3. The predicted molar refractivity (Wildman–Crippen MR) is 111 cm³/mol. The van der Waals surface area contributed by atoms with Gasteiger partial charge in [-0.2, -0.15) is 4.31 Å². The molecule has 0 radical (unpaired) electrons. The number of sulfonamides is 1. The summed E-state index contributed by atoms with van der Waals surface area (Å²) in [6.45, 7) is 3.96. The van der Waals surface area contributed by atoms with E-state index in [1.165, 1.54) is 0 Å². The van der Waals surface area contributed by atoms with E-state index in [0.29, 0.717) is 36.9 Å². The minimum Gasteiger partial charge on any atom is -0.363 e. The maximum Gasteiger partial charge on any atom is 0.243 e. The van der Waals surface area contributed by atoms with Crippen molar-refractivity contribution in [1.29, 1.82) is 0 Å². The Bertz CT molecular complexity index is 879. The number of aryl methyl sites for hydroxylation is 1. The van der Waals surface area contributed by atoms with Gasteiger partial charge in [-0.25, -0.2) is 18.4 Å². The number of benzene rings is 1. The van der Waals surface area contributed by atoms with Crippen LogP contribution in [0.4, 0.5) is 11.6 Å². The van der Waals surface area contributed by atoms with Crippen LogP contribution in [0.2, 0.25) is 0 Å². The third-order valence-electron chi connectivity index (χ3n) is 4.28. The Morgan fingerprint density at radius 1 is 1.04 bits per heavy atom. The summed E-state index contributed by atoms with van der Waals surface area (Å²) >= 11 is 2.17. The second-order valence-corrected chi connectivity index (χ2v) is 9.55. The van der Waals surface area contributed by atoms with Crippen molar-refractivity contribution in [2.24, 2.45) is 0 Å². The molecule has 7 nitrogen and oxygen atoms in total. The van der Waals surface area contributed by atoms with Gasteiger partial charge in [0.1, 0.15) is 17.5 Å². The lowest BCUT2D eigenvalue weighted by molar-refractivity contribution is 0.383. The average molecular weight is 487 g/mol. The molecule has 0 bridgehead atoms. The molecule has 26 heavy (non-hydrogen) atoms. The Morgan fingerprint density at radius 2 is 1.65 bits per heavy atom. The molecule has 1 aromatic heterocycles. The molecular formula is C17H22IN5O2S. The first-order chi connectivity index (χ1) is 12.3. The highest BCUT2D eigenvalue weighted by Gasteiger charge is 2.29. The van der Waals surface area contributed by atoms with E-state index in [1.807, 2.05) is 44.1 Å². The molecule has 0 unspecified atom stereocenters. The second kappa shape index (κ2) is 7.65. The SMILES string of the molecule is Cc1nc(N(C)C)cc(N2CCN(S(=O)(=O)c3ccc(I)cc3)CC2)n1. The van der Waals surface area contributed by atoms with Crippen molar-refractivity contribution in [1.82, 2.24) is 14.3 Å². The van der Waals surface area contributed by atoms with Gasteiger partial charge < -0.3 is 9.80 Å². The van der Waals surface area contributed by atoms with Gasteiger partial charge in [-0.1, -0.05) is 0 Å².